The van der Waals surface area contributed by atoms with Crippen LogP contribution in [0.25, 0.3) is 0 Å². The lowest BCUT2D eigenvalue weighted by atomic mass is 10.1. The second-order valence-electron chi connectivity index (χ2n) is 4.61. The summed E-state index contributed by atoms with van der Waals surface area (Å²) in [5.41, 5.74) is 5.17. The second-order valence-corrected chi connectivity index (χ2v) is 4.61. The number of nitrogens with two attached hydrogens (primary N) is 1. The van der Waals surface area contributed by atoms with E-state index >= 15 is 0 Å². The van der Waals surface area contributed by atoms with E-state index in [4.69, 9.17) is 10.8 Å². The molecular formula is C11H17N3O3. The van der Waals surface area contributed by atoms with Crippen molar-refractivity contribution in [3.63, 3.8) is 0 Å². The minimum absolute atomic E-state index is 0.0444. The Hall–Kier alpha value is -1.82. The number of carbonyl (C=O) groups is 1. The number of pyridine rings is 1. The number of anilines is 2. The van der Waals surface area contributed by atoms with Crippen LogP contribution >= 0.6 is 0 Å². The molecule has 1 rings (SSSR count). The van der Waals surface area contributed by atoms with Crippen LogP contribution in [0.3, 0.4) is 0 Å². The number of hydrogen-bond acceptors (Lipinski definition) is 5. The van der Waals surface area contributed by atoms with Crippen molar-refractivity contribution in [2.24, 2.45) is 0 Å². The van der Waals surface area contributed by atoms with Crippen molar-refractivity contribution in [2.45, 2.75) is 19.4 Å². The third-order valence-corrected chi connectivity index (χ3v) is 2.13. The van der Waals surface area contributed by atoms with E-state index in [1.165, 1.54) is 12.3 Å². The number of hydrogen-bond donors (Lipinski definition) is 3. The molecule has 0 aromatic carbocycles. The van der Waals surface area contributed by atoms with Crippen LogP contribution in [0.15, 0.2) is 12.3 Å². The van der Waals surface area contributed by atoms with Crippen molar-refractivity contribution in [1.29, 1.82) is 0 Å². The highest BCUT2D eigenvalue weighted by Gasteiger charge is 2.18. The van der Waals surface area contributed by atoms with Crippen LogP contribution in [0.2, 0.25) is 0 Å². The Morgan fingerprint density at radius 3 is 2.59 bits per heavy atom. The summed E-state index contributed by atoms with van der Waals surface area (Å²) >= 11 is 0. The maximum Gasteiger partial charge on any atom is 0.337 e. The van der Waals surface area contributed by atoms with Crippen LogP contribution in [0.1, 0.15) is 24.2 Å². The highest BCUT2D eigenvalue weighted by Crippen LogP contribution is 2.21. The quantitative estimate of drug-likeness (QED) is 0.710. The van der Waals surface area contributed by atoms with E-state index in [9.17, 15) is 9.90 Å². The Labute approximate surface area is 99.7 Å². The van der Waals surface area contributed by atoms with Crippen LogP contribution in [-0.4, -0.2) is 40.4 Å². The molecule has 94 valence electrons. The lowest BCUT2D eigenvalue weighted by Crippen LogP contribution is -2.37. The van der Waals surface area contributed by atoms with E-state index in [-0.39, 0.29) is 11.3 Å². The molecule has 0 saturated heterocycles. The van der Waals surface area contributed by atoms with E-state index in [0.29, 0.717) is 12.4 Å². The SMILES string of the molecule is CN(CC(C)(C)O)c1ncc(C(=O)O)cc1N. The molecule has 6 nitrogen and oxygen atoms in total. The first-order chi connectivity index (χ1) is 7.70. The van der Waals surface area contributed by atoms with Gasteiger partial charge in [0.25, 0.3) is 0 Å². The molecule has 0 atom stereocenters. The standard InChI is InChI=1S/C11H17N3O3/c1-11(2,17)6-14(3)9-8(12)4-7(5-13-9)10(15)16/h4-5,17H,6,12H2,1-3H3,(H,15,16). The van der Waals surface area contributed by atoms with Crippen LogP contribution in [0.5, 0.6) is 0 Å². The molecule has 0 aliphatic rings. The fourth-order valence-corrected chi connectivity index (χ4v) is 1.57. The number of nitrogens with zero attached hydrogens (tertiary/aromatic N) is 2. The first kappa shape index (κ1) is 13.2. The molecule has 0 spiro atoms. The van der Waals surface area contributed by atoms with Gasteiger partial charge in [-0.3, -0.25) is 0 Å². The summed E-state index contributed by atoms with van der Waals surface area (Å²) in [5.74, 6) is -0.613. The summed E-state index contributed by atoms with van der Waals surface area (Å²) in [6.07, 6.45) is 1.24. The molecule has 0 unspecified atom stereocenters. The number of aliphatic hydroxyl groups is 1. The number of rotatable bonds is 4. The first-order valence-corrected chi connectivity index (χ1v) is 5.13. The molecule has 17 heavy (non-hydrogen) atoms. The zero-order chi connectivity index (χ0) is 13.2. The van der Waals surface area contributed by atoms with Crippen LogP contribution in [0.4, 0.5) is 11.5 Å². The van der Waals surface area contributed by atoms with Gasteiger partial charge in [-0.25, -0.2) is 9.78 Å². The van der Waals surface area contributed by atoms with Crippen molar-refractivity contribution in [3.05, 3.63) is 17.8 Å². The number of likely N-dealkylation sites (N-methyl/N-ethyl adjacent to an activating group) is 1. The summed E-state index contributed by atoms with van der Waals surface area (Å²) in [6, 6.07) is 1.35. The fraction of sp³-hybridized carbons (Fsp3) is 0.455. The summed E-state index contributed by atoms with van der Waals surface area (Å²) in [6.45, 7) is 3.69. The lowest BCUT2D eigenvalue weighted by Gasteiger charge is -2.27. The Bertz CT molecular complexity index is 426. The number of aromatic carboxylic acids is 1. The van der Waals surface area contributed by atoms with Crippen molar-refractivity contribution >= 4 is 17.5 Å². The predicted molar refractivity (Wildman–Crippen MR) is 65.2 cm³/mol. The molecule has 1 aromatic rings. The molecule has 0 saturated carbocycles. The smallest absolute Gasteiger partial charge is 0.337 e. The van der Waals surface area contributed by atoms with Gasteiger partial charge in [0, 0.05) is 19.8 Å². The number of aromatic nitrogens is 1. The van der Waals surface area contributed by atoms with Crippen LogP contribution in [0, 0.1) is 0 Å². The van der Waals surface area contributed by atoms with Gasteiger partial charge in [0.15, 0.2) is 5.82 Å². The van der Waals surface area contributed by atoms with Crippen molar-refractivity contribution in [1.82, 2.24) is 4.98 Å². The van der Waals surface area contributed by atoms with Gasteiger partial charge >= 0.3 is 5.97 Å². The molecule has 0 aliphatic carbocycles. The Balaban J connectivity index is 2.96. The molecule has 0 amide bonds. The Morgan fingerprint density at radius 1 is 1.59 bits per heavy atom. The Kier molecular flexibility index (Phi) is 3.57. The van der Waals surface area contributed by atoms with Gasteiger partial charge in [-0.2, -0.15) is 0 Å². The molecule has 1 heterocycles. The van der Waals surface area contributed by atoms with Gasteiger partial charge < -0.3 is 20.8 Å². The normalized spacial score (nSPS) is 11.3. The van der Waals surface area contributed by atoms with Crippen LogP contribution < -0.4 is 10.6 Å². The van der Waals surface area contributed by atoms with Gasteiger partial charge in [-0.05, 0) is 19.9 Å². The van der Waals surface area contributed by atoms with E-state index in [0.717, 1.165) is 0 Å². The monoisotopic (exact) mass is 239 g/mol. The minimum atomic E-state index is -1.07. The summed E-state index contributed by atoms with van der Waals surface area (Å²) in [7, 11) is 1.73. The van der Waals surface area contributed by atoms with E-state index in [1.54, 1.807) is 25.8 Å². The van der Waals surface area contributed by atoms with Crippen molar-refractivity contribution in [3.8, 4) is 0 Å². The molecule has 0 aliphatic heterocycles. The first-order valence-electron chi connectivity index (χ1n) is 5.13. The van der Waals surface area contributed by atoms with E-state index < -0.39 is 11.6 Å². The number of carboxylic acids is 1. The highest BCUT2D eigenvalue weighted by atomic mass is 16.4. The van der Waals surface area contributed by atoms with E-state index in [2.05, 4.69) is 4.98 Å². The molecule has 0 fully saturated rings. The lowest BCUT2D eigenvalue weighted by molar-refractivity contribution is 0.0696. The molecule has 1 aromatic heterocycles. The summed E-state index contributed by atoms with van der Waals surface area (Å²) in [4.78, 5) is 16.4. The average molecular weight is 239 g/mol. The van der Waals surface area contributed by atoms with Gasteiger partial charge in [-0.1, -0.05) is 0 Å². The molecule has 4 N–H and O–H groups in total. The third-order valence-electron chi connectivity index (χ3n) is 2.13. The van der Waals surface area contributed by atoms with Gasteiger partial charge in [0.1, 0.15) is 0 Å². The zero-order valence-corrected chi connectivity index (χ0v) is 10.1. The van der Waals surface area contributed by atoms with E-state index in [1.807, 2.05) is 0 Å². The highest BCUT2D eigenvalue weighted by molar-refractivity contribution is 5.89. The Morgan fingerprint density at radius 2 is 2.18 bits per heavy atom. The molecule has 0 bridgehead atoms. The predicted octanol–water partition coefficient (Wildman–Crippen LogP) is 0.569. The second kappa shape index (κ2) is 4.58. The topological polar surface area (TPSA) is 99.7 Å². The molecular weight excluding hydrogens is 222 g/mol. The van der Waals surface area contributed by atoms with Crippen LogP contribution in [-0.2, 0) is 0 Å². The fourth-order valence-electron chi connectivity index (χ4n) is 1.57. The third kappa shape index (κ3) is 3.60. The zero-order valence-electron chi connectivity index (χ0n) is 10.1. The number of carboxylic acid groups (broad SMARTS) is 1. The summed E-state index contributed by atoms with van der Waals surface area (Å²) < 4.78 is 0. The average Bonchev–Trinajstić information content (AvgIpc) is 2.14. The summed E-state index contributed by atoms with van der Waals surface area (Å²) in [5, 5.41) is 18.5. The number of nitrogen functional groups attached to an aromatic ring is 1. The van der Waals surface area contributed by atoms with Crippen molar-refractivity contribution in [2.75, 3.05) is 24.2 Å². The maximum atomic E-state index is 10.7. The maximum absolute atomic E-state index is 10.7. The van der Waals surface area contributed by atoms with Crippen molar-refractivity contribution < 1.29 is 15.0 Å². The van der Waals surface area contributed by atoms with Gasteiger partial charge in [0.05, 0.1) is 16.9 Å². The minimum Gasteiger partial charge on any atom is -0.478 e. The van der Waals surface area contributed by atoms with Gasteiger partial charge in [0.2, 0.25) is 0 Å². The van der Waals surface area contributed by atoms with Gasteiger partial charge in [-0.15, -0.1) is 0 Å². The largest absolute Gasteiger partial charge is 0.478 e. The molecule has 6 heteroatoms. The molecule has 0 radical (unpaired) electrons.